The van der Waals surface area contributed by atoms with E-state index in [2.05, 4.69) is 39.9 Å². The normalized spacial score (nSPS) is 25.4. The van der Waals surface area contributed by atoms with Crippen LogP contribution in [0.2, 0.25) is 0 Å². The van der Waals surface area contributed by atoms with Crippen LogP contribution in [-0.2, 0) is 4.74 Å². The number of hydrogen-bond acceptors (Lipinski definition) is 8. The van der Waals surface area contributed by atoms with Crippen LogP contribution < -0.4 is 14.4 Å². The summed E-state index contributed by atoms with van der Waals surface area (Å²) in [6.45, 7) is 6.32. The zero-order valence-corrected chi connectivity index (χ0v) is 19.0. The van der Waals surface area contributed by atoms with Gasteiger partial charge < -0.3 is 24.0 Å². The Labute approximate surface area is 187 Å². The molecule has 0 amide bonds. The number of aliphatic imine (C=N–C) groups is 1. The van der Waals surface area contributed by atoms with Crippen molar-refractivity contribution in [2.24, 2.45) is 4.99 Å². The summed E-state index contributed by atoms with van der Waals surface area (Å²) in [6.07, 6.45) is 1.84. The van der Waals surface area contributed by atoms with Gasteiger partial charge in [0.05, 0.1) is 44.9 Å². The lowest BCUT2D eigenvalue weighted by atomic mass is 9.94. The zero-order chi connectivity index (χ0) is 21.4. The monoisotopic (exact) mass is 440 g/mol. The molecule has 5 rings (SSSR count). The number of benzene rings is 1. The summed E-state index contributed by atoms with van der Waals surface area (Å²) < 4.78 is 17.3. The molecular formula is C23H28N4O3S. The molecule has 1 aromatic heterocycles. The summed E-state index contributed by atoms with van der Waals surface area (Å²) in [4.78, 5) is 14.4. The van der Waals surface area contributed by atoms with Crippen molar-refractivity contribution in [3.8, 4) is 11.5 Å². The fourth-order valence-corrected chi connectivity index (χ4v) is 5.73. The number of fused-ring (bicyclic) bond motifs is 1. The van der Waals surface area contributed by atoms with Crippen LogP contribution in [0.5, 0.6) is 11.5 Å². The standard InChI is InChI=1S/C23H28N4O3S/c1-15-14-27-22(21(25-23(27)31-15)17-6-4-5-7-24-17)16-12-20(29-3)18(13-19(16)28-2)26-8-10-30-11-9-26/h4-7,12-13,15,21-22H,8-11,14H2,1-3H3/t15-,21+,22-/m0/s1. The maximum absolute atomic E-state index is 5.93. The van der Waals surface area contributed by atoms with Gasteiger partial charge in [0.1, 0.15) is 17.5 Å². The summed E-state index contributed by atoms with van der Waals surface area (Å²) in [6, 6.07) is 10.2. The van der Waals surface area contributed by atoms with Crippen molar-refractivity contribution < 1.29 is 14.2 Å². The number of nitrogens with zero attached hydrogens (tertiary/aromatic N) is 4. The second-order valence-corrected chi connectivity index (χ2v) is 9.41. The smallest absolute Gasteiger partial charge is 0.160 e. The third-order valence-corrected chi connectivity index (χ3v) is 7.19. The van der Waals surface area contributed by atoms with E-state index < -0.39 is 0 Å². The van der Waals surface area contributed by atoms with Crippen molar-refractivity contribution in [2.45, 2.75) is 24.3 Å². The van der Waals surface area contributed by atoms with Crippen molar-refractivity contribution in [1.82, 2.24) is 9.88 Å². The Hall–Kier alpha value is -2.45. The summed E-state index contributed by atoms with van der Waals surface area (Å²) in [5, 5.41) is 1.60. The molecule has 164 valence electrons. The Balaban J connectivity index is 1.59. The van der Waals surface area contributed by atoms with Crippen molar-refractivity contribution in [3.05, 3.63) is 47.8 Å². The number of rotatable bonds is 5. The first kappa shape index (κ1) is 20.5. The van der Waals surface area contributed by atoms with Crippen LogP contribution in [0.3, 0.4) is 0 Å². The van der Waals surface area contributed by atoms with Crippen LogP contribution in [0.4, 0.5) is 5.69 Å². The molecule has 1 aromatic carbocycles. The Kier molecular flexibility index (Phi) is 5.67. The number of ether oxygens (including phenoxy) is 3. The average molecular weight is 441 g/mol. The maximum atomic E-state index is 5.93. The van der Waals surface area contributed by atoms with E-state index in [0.717, 1.165) is 66.5 Å². The highest BCUT2D eigenvalue weighted by atomic mass is 32.2. The topological polar surface area (TPSA) is 59.4 Å². The van der Waals surface area contributed by atoms with E-state index in [1.807, 2.05) is 30.1 Å². The first-order valence-electron chi connectivity index (χ1n) is 10.7. The molecule has 0 spiro atoms. The molecule has 2 aromatic rings. The number of morpholine rings is 1. The number of aromatic nitrogens is 1. The first-order valence-corrected chi connectivity index (χ1v) is 11.6. The minimum absolute atomic E-state index is 0.0185. The molecule has 2 saturated heterocycles. The summed E-state index contributed by atoms with van der Waals surface area (Å²) in [7, 11) is 3.47. The molecule has 2 fully saturated rings. The molecular weight excluding hydrogens is 412 g/mol. The Bertz CT molecular complexity index is 965. The quantitative estimate of drug-likeness (QED) is 0.705. The molecule has 8 heteroatoms. The largest absolute Gasteiger partial charge is 0.496 e. The molecule has 0 bridgehead atoms. The lowest BCUT2D eigenvalue weighted by Gasteiger charge is -2.33. The van der Waals surface area contributed by atoms with Crippen molar-refractivity contribution in [1.29, 1.82) is 0 Å². The van der Waals surface area contributed by atoms with Crippen LogP contribution in [0.1, 0.15) is 30.3 Å². The average Bonchev–Trinajstić information content (AvgIpc) is 3.35. The second kappa shape index (κ2) is 8.59. The van der Waals surface area contributed by atoms with Crippen molar-refractivity contribution >= 4 is 22.6 Å². The van der Waals surface area contributed by atoms with Gasteiger partial charge in [-0.3, -0.25) is 9.98 Å². The molecule has 3 aliphatic rings. The molecule has 4 heterocycles. The van der Waals surface area contributed by atoms with Gasteiger partial charge in [0.25, 0.3) is 0 Å². The van der Waals surface area contributed by atoms with E-state index >= 15 is 0 Å². The lowest BCUT2D eigenvalue weighted by molar-refractivity contribution is 0.122. The molecule has 3 aliphatic heterocycles. The SMILES string of the molecule is COc1cc(N2CCOCC2)c(OC)cc1[C@H]1[C@@H](c2ccccn2)N=C2S[C@@H](C)CN21. The minimum atomic E-state index is -0.0796. The van der Waals surface area contributed by atoms with Gasteiger partial charge in [-0.15, -0.1) is 0 Å². The predicted molar refractivity (Wildman–Crippen MR) is 123 cm³/mol. The molecule has 3 atom stereocenters. The van der Waals surface area contributed by atoms with Gasteiger partial charge in [0, 0.05) is 42.7 Å². The van der Waals surface area contributed by atoms with Crippen LogP contribution in [0, 0.1) is 0 Å². The predicted octanol–water partition coefficient (Wildman–Crippen LogP) is 3.52. The molecule has 0 N–H and O–H groups in total. The number of hydrogen-bond donors (Lipinski definition) is 0. The van der Waals surface area contributed by atoms with Crippen LogP contribution in [0.15, 0.2) is 41.5 Å². The van der Waals surface area contributed by atoms with Gasteiger partial charge in [0.2, 0.25) is 0 Å². The Morgan fingerprint density at radius 1 is 1.10 bits per heavy atom. The number of anilines is 1. The molecule has 0 radical (unpaired) electrons. The third-order valence-electron chi connectivity index (χ3n) is 6.08. The molecule has 0 unspecified atom stereocenters. The first-order chi connectivity index (χ1) is 15.2. The molecule has 0 aliphatic carbocycles. The third kappa shape index (κ3) is 3.72. The van der Waals surface area contributed by atoms with Gasteiger partial charge in [-0.05, 0) is 18.2 Å². The molecule has 31 heavy (non-hydrogen) atoms. The highest BCUT2D eigenvalue weighted by Gasteiger charge is 2.45. The minimum Gasteiger partial charge on any atom is -0.496 e. The Morgan fingerprint density at radius 2 is 1.90 bits per heavy atom. The van der Waals surface area contributed by atoms with Gasteiger partial charge in [0.15, 0.2) is 5.17 Å². The number of amidine groups is 1. The van der Waals surface area contributed by atoms with E-state index in [0.29, 0.717) is 5.25 Å². The van der Waals surface area contributed by atoms with Crippen LogP contribution in [-0.4, -0.2) is 67.4 Å². The number of pyridine rings is 1. The van der Waals surface area contributed by atoms with E-state index in [4.69, 9.17) is 19.2 Å². The lowest BCUT2D eigenvalue weighted by Crippen LogP contribution is -2.36. The fourth-order valence-electron chi connectivity index (χ4n) is 4.64. The highest BCUT2D eigenvalue weighted by Crippen LogP contribution is 2.51. The van der Waals surface area contributed by atoms with E-state index in [1.165, 1.54) is 0 Å². The Morgan fingerprint density at radius 3 is 2.61 bits per heavy atom. The van der Waals surface area contributed by atoms with Gasteiger partial charge >= 0.3 is 0 Å². The molecule has 7 nitrogen and oxygen atoms in total. The molecule has 0 saturated carbocycles. The van der Waals surface area contributed by atoms with E-state index in [1.54, 1.807) is 14.2 Å². The summed E-state index contributed by atoms with van der Waals surface area (Å²) in [5.74, 6) is 1.71. The highest BCUT2D eigenvalue weighted by molar-refractivity contribution is 8.14. The van der Waals surface area contributed by atoms with Crippen molar-refractivity contribution in [2.75, 3.05) is 52.0 Å². The van der Waals surface area contributed by atoms with E-state index in [9.17, 15) is 0 Å². The number of methoxy groups -OCH3 is 2. The second-order valence-electron chi connectivity index (χ2n) is 8.00. The van der Waals surface area contributed by atoms with E-state index in [-0.39, 0.29) is 12.1 Å². The maximum Gasteiger partial charge on any atom is 0.160 e. The fraction of sp³-hybridized carbons (Fsp3) is 0.478. The number of thioether (sulfide) groups is 1. The summed E-state index contributed by atoms with van der Waals surface area (Å²) in [5.41, 5.74) is 3.10. The van der Waals surface area contributed by atoms with Crippen molar-refractivity contribution in [3.63, 3.8) is 0 Å². The summed E-state index contributed by atoms with van der Waals surface area (Å²) >= 11 is 1.84. The van der Waals surface area contributed by atoms with Crippen LogP contribution >= 0.6 is 11.8 Å². The van der Waals surface area contributed by atoms with Crippen LogP contribution in [0.25, 0.3) is 0 Å². The zero-order valence-electron chi connectivity index (χ0n) is 18.2. The van der Waals surface area contributed by atoms with Gasteiger partial charge in [-0.1, -0.05) is 24.8 Å². The van der Waals surface area contributed by atoms with Gasteiger partial charge in [-0.2, -0.15) is 0 Å². The van der Waals surface area contributed by atoms with Gasteiger partial charge in [-0.25, -0.2) is 0 Å².